The molecule has 0 aliphatic heterocycles. The molecule has 0 saturated carbocycles. The highest BCUT2D eigenvalue weighted by Crippen LogP contribution is 2.26. The summed E-state index contributed by atoms with van der Waals surface area (Å²) in [6, 6.07) is 12.6. The molecule has 0 radical (unpaired) electrons. The van der Waals surface area contributed by atoms with E-state index in [1.807, 2.05) is 31.3 Å². The summed E-state index contributed by atoms with van der Waals surface area (Å²) in [6.07, 6.45) is -1.13. The minimum atomic E-state index is -2.80. The van der Waals surface area contributed by atoms with Crippen LogP contribution in [0.5, 0.6) is 0 Å². The predicted octanol–water partition coefficient (Wildman–Crippen LogP) is 3.91. The van der Waals surface area contributed by atoms with E-state index in [4.69, 9.17) is 10.2 Å². The summed E-state index contributed by atoms with van der Waals surface area (Å²) in [5, 5.41) is 24.7. The number of nitrogen functional groups attached to an aromatic ring is 1. The second kappa shape index (κ2) is 11.5. The van der Waals surface area contributed by atoms with Crippen molar-refractivity contribution in [1.82, 2.24) is 35.7 Å². The molecule has 4 rings (SSSR count). The van der Waals surface area contributed by atoms with Crippen LogP contribution in [0.3, 0.4) is 0 Å². The zero-order valence-electron chi connectivity index (χ0n) is 19.2. The van der Waals surface area contributed by atoms with E-state index in [0.717, 1.165) is 22.5 Å². The summed E-state index contributed by atoms with van der Waals surface area (Å²) in [4.78, 5) is 0. The molecule has 0 aliphatic carbocycles. The fourth-order valence-corrected chi connectivity index (χ4v) is 2.91. The van der Waals surface area contributed by atoms with Crippen LogP contribution >= 0.6 is 0 Å². The average molecular weight is 482 g/mol. The first-order chi connectivity index (χ1) is 16.9. The van der Waals surface area contributed by atoms with Crippen molar-refractivity contribution in [2.75, 3.05) is 25.1 Å². The van der Waals surface area contributed by atoms with E-state index >= 15 is 0 Å². The lowest BCUT2D eigenvalue weighted by molar-refractivity contribution is 0.116. The number of anilines is 2. The van der Waals surface area contributed by atoms with Gasteiger partial charge in [0.2, 0.25) is 5.89 Å². The van der Waals surface area contributed by atoms with Crippen LogP contribution in [0.1, 0.15) is 17.9 Å². The molecule has 2 heterocycles. The van der Waals surface area contributed by atoms with Gasteiger partial charge in [-0.2, -0.15) is 8.78 Å². The van der Waals surface area contributed by atoms with Crippen molar-refractivity contribution in [3.63, 3.8) is 0 Å². The molecule has 0 fully saturated rings. The second-order valence-corrected chi connectivity index (χ2v) is 7.13. The average Bonchev–Trinajstić information content (AvgIpc) is 3.55. The van der Waals surface area contributed by atoms with Gasteiger partial charge in [-0.25, -0.2) is 4.68 Å². The smallest absolute Gasteiger partial charge is 0.314 e. The van der Waals surface area contributed by atoms with Crippen molar-refractivity contribution in [3.8, 4) is 22.8 Å². The number of halogens is 2. The quantitative estimate of drug-likeness (QED) is 0.253. The molecule has 0 amide bonds. The van der Waals surface area contributed by atoms with Crippen LogP contribution in [-0.4, -0.2) is 44.5 Å². The van der Waals surface area contributed by atoms with Crippen molar-refractivity contribution in [2.45, 2.75) is 13.0 Å². The number of alkyl halides is 2. The first-order valence-corrected chi connectivity index (χ1v) is 10.4. The highest BCUT2D eigenvalue weighted by Gasteiger charge is 2.17. The third-order valence-electron chi connectivity index (χ3n) is 4.84. The van der Waals surface area contributed by atoms with E-state index < -0.39 is 12.3 Å². The molecule has 12 heteroatoms. The standard InChI is InChI=1S/C18H16F2N8O.C5H9N/c1-22-14-7-6-12(8-13(14)21)16-23-26-27-28(16)9-10-2-4-11(5-3-10)17-24-25-18(29-17)15(19)20;1-4-5(2)6-3/h2-8,15,22H,9,21H2,1H3;4,6H,1-2H2,3H3. The Morgan fingerprint density at radius 1 is 1.11 bits per heavy atom. The Bertz CT molecular complexity index is 1280. The largest absolute Gasteiger partial charge is 0.415 e. The van der Waals surface area contributed by atoms with E-state index in [2.05, 4.69) is 49.5 Å². The van der Waals surface area contributed by atoms with Gasteiger partial charge in [-0.05, 0) is 52.4 Å². The van der Waals surface area contributed by atoms with Crippen LogP contribution < -0.4 is 16.4 Å². The van der Waals surface area contributed by atoms with Crippen molar-refractivity contribution in [2.24, 2.45) is 0 Å². The lowest BCUT2D eigenvalue weighted by Gasteiger charge is -2.08. The van der Waals surface area contributed by atoms with Gasteiger partial charge in [0, 0.05) is 30.9 Å². The Kier molecular flexibility index (Phi) is 8.22. The van der Waals surface area contributed by atoms with E-state index in [9.17, 15) is 8.78 Å². The summed E-state index contributed by atoms with van der Waals surface area (Å²) >= 11 is 0. The van der Waals surface area contributed by atoms with Crippen LogP contribution in [0, 0.1) is 0 Å². The highest BCUT2D eigenvalue weighted by atomic mass is 19.3. The maximum absolute atomic E-state index is 12.6. The number of benzene rings is 2. The van der Waals surface area contributed by atoms with Gasteiger partial charge in [0.25, 0.3) is 5.89 Å². The molecular weight excluding hydrogens is 456 g/mol. The Labute approximate surface area is 200 Å². The molecule has 0 unspecified atom stereocenters. The number of tetrazole rings is 1. The second-order valence-electron chi connectivity index (χ2n) is 7.13. The zero-order chi connectivity index (χ0) is 25.4. The molecule has 0 aliphatic rings. The SMILES string of the molecule is C=CC(=C)NC.CNc1ccc(-c2nnnn2Cc2ccc(-c3nnc(C(F)F)o3)cc2)cc1N. The summed E-state index contributed by atoms with van der Waals surface area (Å²) in [7, 11) is 3.60. The number of rotatable bonds is 8. The number of nitrogens with zero attached hydrogens (tertiary/aromatic N) is 6. The molecule has 10 nitrogen and oxygen atoms in total. The number of allylic oxidation sites excluding steroid dienone is 1. The fraction of sp³-hybridized carbons (Fsp3) is 0.174. The summed E-state index contributed by atoms with van der Waals surface area (Å²) in [6.45, 7) is 7.44. The Morgan fingerprint density at radius 3 is 2.37 bits per heavy atom. The van der Waals surface area contributed by atoms with Crippen LogP contribution in [0.25, 0.3) is 22.8 Å². The third kappa shape index (κ3) is 6.25. The third-order valence-corrected chi connectivity index (χ3v) is 4.84. The number of nitrogens with two attached hydrogens (primary N) is 1. The van der Waals surface area contributed by atoms with Crippen LogP contribution in [0.15, 0.2) is 71.8 Å². The fourth-order valence-electron chi connectivity index (χ4n) is 2.91. The maximum Gasteiger partial charge on any atom is 0.314 e. The first-order valence-electron chi connectivity index (χ1n) is 10.4. The van der Waals surface area contributed by atoms with E-state index in [1.54, 1.807) is 36.0 Å². The number of hydrogen-bond acceptors (Lipinski definition) is 9. The van der Waals surface area contributed by atoms with Crippen LogP contribution in [0.2, 0.25) is 0 Å². The van der Waals surface area contributed by atoms with Crippen LogP contribution in [0.4, 0.5) is 20.2 Å². The molecule has 0 atom stereocenters. The molecule has 0 bridgehead atoms. The van der Waals surface area contributed by atoms with Gasteiger partial charge in [-0.1, -0.05) is 25.3 Å². The maximum atomic E-state index is 12.6. The van der Waals surface area contributed by atoms with Gasteiger partial charge in [0.15, 0.2) is 5.82 Å². The van der Waals surface area contributed by atoms with Crippen LogP contribution in [-0.2, 0) is 6.54 Å². The molecule has 35 heavy (non-hydrogen) atoms. The number of aromatic nitrogens is 6. The molecule has 2 aromatic carbocycles. The van der Waals surface area contributed by atoms with Gasteiger partial charge in [-0.15, -0.1) is 15.3 Å². The van der Waals surface area contributed by atoms with E-state index in [-0.39, 0.29) is 5.89 Å². The Hall–Kier alpha value is -4.61. The summed E-state index contributed by atoms with van der Waals surface area (Å²) in [5.41, 5.74) is 10.5. The molecular formula is C23H25F2N9O. The minimum absolute atomic E-state index is 0.0371. The number of hydrogen-bond donors (Lipinski definition) is 3. The predicted molar refractivity (Wildman–Crippen MR) is 129 cm³/mol. The zero-order valence-corrected chi connectivity index (χ0v) is 19.2. The highest BCUT2D eigenvalue weighted by molar-refractivity contribution is 5.73. The van der Waals surface area contributed by atoms with Gasteiger partial charge < -0.3 is 20.8 Å². The summed E-state index contributed by atoms with van der Waals surface area (Å²) < 4.78 is 31.8. The molecule has 0 spiro atoms. The van der Waals surface area contributed by atoms with Gasteiger partial charge in [0.1, 0.15) is 0 Å². The molecule has 4 aromatic rings. The van der Waals surface area contributed by atoms with Crippen molar-refractivity contribution in [1.29, 1.82) is 0 Å². The monoisotopic (exact) mass is 481 g/mol. The molecule has 2 aromatic heterocycles. The van der Waals surface area contributed by atoms with Crippen molar-refractivity contribution in [3.05, 3.63) is 78.8 Å². The number of likely N-dealkylation sites (N-methyl/N-ethyl adjacent to an activating group) is 1. The lowest BCUT2D eigenvalue weighted by Crippen LogP contribution is -2.05. The normalized spacial score (nSPS) is 10.4. The van der Waals surface area contributed by atoms with Gasteiger partial charge >= 0.3 is 6.43 Å². The molecule has 0 saturated heterocycles. The first kappa shape index (κ1) is 25.0. The number of nitrogens with one attached hydrogen (secondary N) is 2. The van der Waals surface area contributed by atoms with Crippen molar-refractivity contribution >= 4 is 11.4 Å². The van der Waals surface area contributed by atoms with Gasteiger partial charge in [-0.3, -0.25) is 0 Å². The lowest BCUT2D eigenvalue weighted by atomic mass is 10.1. The Morgan fingerprint density at radius 2 is 1.83 bits per heavy atom. The topological polar surface area (TPSA) is 133 Å². The summed E-state index contributed by atoms with van der Waals surface area (Å²) in [5.74, 6) is -0.0945. The van der Waals surface area contributed by atoms with E-state index in [1.165, 1.54) is 0 Å². The molecule has 182 valence electrons. The van der Waals surface area contributed by atoms with E-state index in [0.29, 0.717) is 23.6 Å². The molecule has 4 N–H and O–H groups in total. The Balaban J connectivity index is 0.000000509. The van der Waals surface area contributed by atoms with Crippen molar-refractivity contribution < 1.29 is 13.2 Å². The minimum Gasteiger partial charge on any atom is -0.415 e. The van der Waals surface area contributed by atoms with Gasteiger partial charge in [0.05, 0.1) is 17.9 Å².